The van der Waals surface area contributed by atoms with E-state index in [-0.39, 0.29) is 10.6 Å². The normalized spacial score (nSPS) is 11.2. The van der Waals surface area contributed by atoms with E-state index in [1.165, 1.54) is 25.3 Å². The van der Waals surface area contributed by atoms with Gasteiger partial charge in [0, 0.05) is 4.47 Å². The Kier molecular flexibility index (Phi) is 4.43. The van der Waals surface area contributed by atoms with Crippen molar-refractivity contribution in [2.45, 2.75) is 11.8 Å². The van der Waals surface area contributed by atoms with Gasteiger partial charge in [-0.05, 0) is 48.9 Å². The largest absolute Gasteiger partial charge is 0.495 e. The van der Waals surface area contributed by atoms with E-state index in [0.29, 0.717) is 11.4 Å². The number of aryl methyl sites for hydroxylation is 1. The number of sulfonamides is 1. The molecule has 2 aromatic rings. The molecule has 0 aliphatic carbocycles. The van der Waals surface area contributed by atoms with Crippen molar-refractivity contribution in [1.29, 1.82) is 0 Å². The number of methoxy groups -OCH3 is 1. The smallest absolute Gasteiger partial charge is 0.261 e. The van der Waals surface area contributed by atoms with E-state index in [0.717, 1.165) is 10.0 Å². The van der Waals surface area contributed by atoms with Crippen molar-refractivity contribution in [2.24, 2.45) is 0 Å². The summed E-state index contributed by atoms with van der Waals surface area (Å²) in [6.45, 7) is 1.82. The second-order valence-corrected chi connectivity index (χ2v) is 7.07. The fourth-order valence-corrected chi connectivity index (χ4v) is 3.47. The second kappa shape index (κ2) is 5.95. The minimum Gasteiger partial charge on any atom is -0.495 e. The van der Waals surface area contributed by atoms with E-state index in [2.05, 4.69) is 20.7 Å². The zero-order chi connectivity index (χ0) is 15.6. The summed E-state index contributed by atoms with van der Waals surface area (Å²) in [4.78, 5) is 0.0862. The van der Waals surface area contributed by atoms with Crippen molar-refractivity contribution in [3.05, 3.63) is 46.4 Å². The molecule has 0 fully saturated rings. The van der Waals surface area contributed by atoms with E-state index < -0.39 is 10.0 Å². The maximum Gasteiger partial charge on any atom is 0.261 e. The van der Waals surface area contributed by atoms with Gasteiger partial charge in [0.2, 0.25) is 0 Å². The van der Waals surface area contributed by atoms with Crippen molar-refractivity contribution in [3.63, 3.8) is 0 Å². The van der Waals surface area contributed by atoms with Gasteiger partial charge in [0.25, 0.3) is 10.0 Å². The number of anilines is 2. The van der Waals surface area contributed by atoms with Crippen LogP contribution in [0.2, 0.25) is 0 Å². The maximum absolute atomic E-state index is 12.4. The van der Waals surface area contributed by atoms with Crippen LogP contribution in [0.15, 0.2) is 45.8 Å². The average Bonchev–Trinajstić information content (AvgIpc) is 2.42. The van der Waals surface area contributed by atoms with Gasteiger partial charge < -0.3 is 10.5 Å². The SMILES string of the molecule is COc1ccc(S(=O)(=O)Nc2ccc(Br)cc2C)cc1N. The number of nitrogens with two attached hydrogens (primary N) is 1. The molecule has 0 spiro atoms. The van der Waals surface area contributed by atoms with Crippen LogP contribution in [0.3, 0.4) is 0 Å². The Morgan fingerprint density at radius 3 is 2.48 bits per heavy atom. The highest BCUT2D eigenvalue weighted by molar-refractivity contribution is 9.10. The molecule has 112 valence electrons. The minimum atomic E-state index is -3.70. The Labute approximate surface area is 132 Å². The molecule has 3 N–H and O–H groups in total. The van der Waals surface area contributed by atoms with Crippen molar-refractivity contribution < 1.29 is 13.2 Å². The summed E-state index contributed by atoms with van der Waals surface area (Å²) in [6, 6.07) is 9.65. The molecule has 0 atom stereocenters. The summed E-state index contributed by atoms with van der Waals surface area (Å²) in [7, 11) is -2.22. The predicted octanol–water partition coefficient (Wildman–Crippen LogP) is 3.15. The predicted molar refractivity (Wildman–Crippen MR) is 87.1 cm³/mol. The summed E-state index contributed by atoms with van der Waals surface area (Å²) >= 11 is 3.34. The Hall–Kier alpha value is -1.73. The summed E-state index contributed by atoms with van der Waals surface area (Å²) in [6.07, 6.45) is 0. The molecule has 0 heterocycles. The van der Waals surface area contributed by atoms with Crippen LogP contribution in [-0.2, 0) is 10.0 Å². The summed E-state index contributed by atoms with van der Waals surface area (Å²) in [5, 5.41) is 0. The van der Waals surface area contributed by atoms with Gasteiger partial charge >= 0.3 is 0 Å². The van der Waals surface area contributed by atoms with Gasteiger partial charge in [0.05, 0.1) is 23.4 Å². The molecule has 0 bridgehead atoms. The third kappa shape index (κ3) is 3.48. The number of hydrogen-bond acceptors (Lipinski definition) is 4. The minimum absolute atomic E-state index is 0.0862. The van der Waals surface area contributed by atoms with Crippen LogP contribution in [-0.4, -0.2) is 15.5 Å². The fourth-order valence-electron chi connectivity index (χ4n) is 1.82. The van der Waals surface area contributed by atoms with Crippen LogP contribution in [0, 0.1) is 6.92 Å². The molecule has 0 aliphatic rings. The average molecular weight is 371 g/mol. The quantitative estimate of drug-likeness (QED) is 0.809. The Morgan fingerprint density at radius 1 is 1.19 bits per heavy atom. The van der Waals surface area contributed by atoms with Gasteiger partial charge in [-0.2, -0.15) is 0 Å². The lowest BCUT2D eigenvalue weighted by Crippen LogP contribution is -2.14. The van der Waals surface area contributed by atoms with E-state index in [4.69, 9.17) is 10.5 Å². The molecule has 2 aromatic carbocycles. The topological polar surface area (TPSA) is 81.4 Å². The molecule has 0 aliphatic heterocycles. The Balaban J connectivity index is 2.36. The molecule has 0 amide bonds. The zero-order valence-electron chi connectivity index (χ0n) is 11.6. The number of hydrogen-bond donors (Lipinski definition) is 2. The number of benzene rings is 2. The third-order valence-corrected chi connectivity index (χ3v) is 4.80. The van der Waals surface area contributed by atoms with Gasteiger partial charge in [-0.25, -0.2) is 8.42 Å². The van der Waals surface area contributed by atoms with Crippen LogP contribution < -0.4 is 15.2 Å². The van der Waals surface area contributed by atoms with Crippen LogP contribution in [0.1, 0.15) is 5.56 Å². The highest BCUT2D eigenvalue weighted by Gasteiger charge is 2.16. The van der Waals surface area contributed by atoms with E-state index in [9.17, 15) is 8.42 Å². The first-order valence-corrected chi connectivity index (χ1v) is 8.33. The first-order chi connectivity index (χ1) is 9.83. The second-order valence-electron chi connectivity index (χ2n) is 4.47. The van der Waals surface area contributed by atoms with E-state index >= 15 is 0 Å². The monoisotopic (exact) mass is 370 g/mol. The third-order valence-electron chi connectivity index (χ3n) is 2.94. The molecular weight excluding hydrogens is 356 g/mol. The van der Waals surface area contributed by atoms with Gasteiger partial charge in [-0.1, -0.05) is 15.9 Å². The molecule has 7 heteroatoms. The van der Waals surface area contributed by atoms with Gasteiger partial charge in [-0.15, -0.1) is 0 Å². The molecule has 2 rings (SSSR count). The zero-order valence-corrected chi connectivity index (χ0v) is 14.0. The summed E-state index contributed by atoms with van der Waals surface area (Å²) < 4.78 is 33.2. The Morgan fingerprint density at radius 2 is 1.90 bits per heavy atom. The molecule has 0 saturated carbocycles. The lowest BCUT2D eigenvalue weighted by atomic mass is 10.2. The van der Waals surface area contributed by atoms with Gasteiger partial charge in [0.1, 0.15) is 5.75 Å². The number of ether oxygens (including phenoxy) is 1. The van der Waals surface area contributed by atoms with Crippen LogP contribution in [0.5, 0.6) is 5.75 Å². The van der Waals surface area contributed by atoms with Crippen molar-refractivity contribution in [1.82, 2.24) is 0 Å². The van der Waals surface area contributed by atoms with Crippen molar-refractivity contribution >= 4 is 37.3 Å². The molecule has 0 aromatic heterocycles. The molecular formula is C14H15BrN2O3S. The number of nitrogens with one attached hydrogen (secondary N) is 1. The first kappa shape index (κ1) is 15.7. The number of halogens is 1. The first-order valence-electron chi connectivity index (χ1n) is 6.06. The molecule has 0 saturated heterocycles. The number of nitrogen functional groups attached to an aromatic ring is 1. The highest BCUT2D eigenvalue weighted by Crippen LogP contribution is 2.27. The molecule has 0 unspecified atom stereocenters. The molecule has 21 heavy (non-hydrogen) atoms. The van der Waals surface area contributed by atoms with Crippen molar-refractivity contribution in [3.8, 4) is 5.75 Å². The van der Waals surface area contributed by atoms with E-state index in [1.807, 2.05) is 13.0 Å². The van der Waals surface area contributed by atoms with Crippen LogP contribution in [0.25, 0.3) is 0 Å². The lowest BCUT2D eigenvalue weighted by Gasteiger charge is -2.12. The maximum atomic E-state index is 12.4. The van der Waals surface area contributed by atoms with E-state index in [1.54, 1.807) is 12.1 Å². The van der Waals surface area contributed by atoms with Gasteiger partial charge in [-0.3, -0.25) is 4.72 Å². The summed E-state index contributed by atoms with van der Waals surface area (Å²) in [5.74, 6) is 0.439. The Bertz CT molecular complexity index is 776. The molecule has 5 nitrogen and oxygen atoms in total. The number of rotatable bonds is 4. The van der Waals surface area contributed by atoms with Crippen LogP contribution in [0.4, 0.5) is 11.4 Å². The van der Waals surface area contributed by atoms with Crippen LogP contribution >= 0.6 is 15.9 Å². The highest BCUT2D eigenvalue weighted by atomic mass is 79.9. The lowest BCUT2D eigenvalue weighted by molar-refractivity contribution is 0.416. The summed E-state index contributed by atoms with van der Waals surface area (Å²) in [5.41, 5.74) is 7.35. The fraction of sp³-hybridized carbons (Fsp3) is 0.143. The van der Waals surface area contributed by atoms with Gasteiger partial charge in [0.15, 0.2) is 0 Å². The standard InChI is InChI=1S/C14H15BrN2O3S/c1-9-7-10(15)3-5-13(9)17-21(18,19)11-4-6-14(20-2)12(16)8-11/h3-8,17H,16H2,1-2H3. The molecule has 0 radical (unpaired) electrons. The van der Waals surface area contributed by atoms with Crippen molar-refractivity contribution in [2.75, 3.05) is 17.6 Å².